The van der Waals surface area contributed by atoms with Crippen LogP contribution in [-0.4, -0.2) is 12.5 Å². The standard InChI is InChI=1S/C18H22O3S.CH3NO/c1-2-14(9-8-13-6-4-3-5-7-13)20-15-10-11-17-16(12-15)21-18(19)22-17;2-1-3/h6,10-12,14H,2-5,7-9H2,1H3;1H,(H2,2,3). The molecule has 0 saturated carbocycles. The fraction of sp³-hybridized carbons (Fsp3) is 0.474. The number of fused-ring (bicyclic) bond motifs is 1. The van der Waals surface area contributed by atoms with Gasteiger partial charge in [-0.05, 0) is 57.1 Å². The van der Waals surface area contributed by atoms with Crippen LogP contribution in [0.3, 0.4) is 0 Å². The lowest BCUT2D eigenvalue weighted by molar-refractivity contribution is -0.106. The summed E-state index contributed by atoms with van der Waals surface area (Å²) in [7, 11) is 0. The Bertz CT molecular complexity index is 762. The highest BCUT2D eigenvalue weighted by Gasteiger charge is 2.12. The summed E-state index contributed by atoms with van der Waals surface area (Å²) in [5, 5.41) is 0. The van der Waals surface area contributed by atoms with Crippen molar-refractivity contribution >= 4 is 28.0 Å². The van der Waals surface area contributed by atoms with Crippen molar-refractivity contribution < 1.29 is 13.9 Å². The Labute approximate surface area is 151 Å². The quantitative estimate of drug-likeness (QED) is 0.609. The van der Waals surface area contributed by atoms with Gasteiger partial charge in [-0.3, -0.25) is 4.79 Å². The molecule has 1 aromatic carbocycles. The van der Waals surface area contributed by atoms with Gasteiger partial charge < -0.3 is 14.9 Å². The summed E-state index contributed by atoms with van der Waals surface area (Å²) in [6.07, 6.45) is 11.2. The molecule has 1 aromatic heterocycles. The van der Waals surface area contributed by atoms with Crippen molar-refractivity contribution in [1.82, 2.24) is 0 Å². The van der Waals surface area contributed by atoms with Gasteiger partial charge in [0.15, 0.2) is 5.58 Å². The average Bonchev–Trinajstić information content (AvgIpc) is 2.99. The molecule has 0 fully saturated rings. The molecule has 1 unspecified atom stereocenters. The molecule has 0 saturated heterocycles. The number of ether oxygens (including phenoxy) is 1. The van der Waals surface area contributed by atoms with Gasteiger partial charge in [-0.25, -0.2) is 4.79 Å². The third-order valence-electron chi connectivity index (χ3n) is 4.23. The first kappa shape index (κ1) is 19.2. The topological polar surface area (TPSA) is 82.5 Å². The Morgan fingerprint density at radius 2 is 2.20 bits per heavy atom. The van der Waals surface area contributed by atoms with Crippen LogP contribution in [0.2, 0.25) is 0 Å². The third kappa shape index (κ3) is 6.05. The van der Waals surface area contributed by atoms with E-state index in [1.807, 2.05) is 18.2 Å². The maximum Gasteiger partial charge on any atom is 0.396 e. The van der Waals surface area contributed by atoms with Gasteiger partial charge in [-0.1, -0.05) is 29.9 Å². The number of hydrogen-bond acceptors (Lipinski definition) is 5. The van der Waals surface area contributed by atoms with Crippen LogP contribution >= 0.6 is 11.3 Å². The first-order valence-electron chi connectivity index (χ1n) is 8.70. The zero-order chi connectivity index (χ0) is 18.1. The third-order valence-corrected chi connectivity index (χ3v) is 5.04. The number of allylic oxidation sites excluding steroid dienone is 2. The zero-order valence-electron chi connectivity index (χ0n) is 14.5. The Morgan fingerprint density at radius 1 is 1.40 bits per heavy atom. The molecule has 0 radical (unpaired) electrons. The van der Waals surface area contributed by atoms with Crippen LogP contribution in [0.5, 0.6) is 5.75 Å². The van der Waals surface area contributed by atoms with E-state index in [0.717, 1.165) is 41.0 Å². The van der Waals surface area contributed by atoms with Gasteiger partial charge in [0.25, 0.3) is 0 Å². The maximum atomic E-state index is 11.3. The van der Waals surface area contributed by atoms with Gasteiger partial charge in [0.2, 0.25) is 6.41 Å². The van der Waals surface area contributed by atoms with Crippen LogP contribution in [0.25, 0.3) is 10.3 Å². The molecule has 1 aliphatic rings. The Balaban J connectivity index is 0.000000701. The van der Waals surface area contributed by atoms with E-state index in [0.29, 0.717) is 5.58 Å². The highest BCUT2D eigenvalue weighted by Crippen LogP contribution is 2.26. The summed E-state index contributed by atoms with van der Waals surface area (Å²) in [6, 6.07) is 5.66. The van der Waals surface area contributed by atoms with E-state index < -0.39 is 0 Å². The Kier molecular flexibility index (Phi) is 7.73. The van der Waals surface area contributed by atoms with Gasteiger partial charge in [0.1, 0.15) is 5.75 Å². The monoisotopic (exact) mass is 363 g/mol. The van der Waals surface area contributed by atoms with E-state index in [2.05, 4.69) is 18.7 Å². The predicted molar refractivity (Wildman–Crippen MR) is 101 cm³/mol. The van der Waals surface area contributed by atoms with Gasteiger partial charge in [-0.2, -0.15) is 0 Å². The lowest BCUT2D eigenvalue weighted by Crippen LogP contribution is -2.15. The number of hydrogen-bond donors (Lipinski definition) is 1. The Hall–Kier alpha value is -2.08. The predicted octanol–water partition coefficient (Wildman–Crippen LogP) is 4.39. The second-order valence-electron chi connectivity index (χ2n) is 5.99. The molecule has 0 spiro atoms. The zero-order valence-corrected chi connectivity index (χ0v) is 15.3. The lowest BCUT2D eigenvalue weighted by atomic mass is 9.94. The molecule has 2 aromatic rings. The van der Waals surface area contributed by atoms with Crippen LogP contribution < -0.4 is 15.4 Å². The molecule has 0 aliphatic heterocycles. The molecular weight excluding hydrogens is 338 g/mol. The Morgan fingerprint density at radius 3 is 2.88 bits per heavy atom. The average molecular weight is 363 g/mol. The minimum atomic E-state index is -0.261. The molecule has 3 rings (SSSR count). The minimum Gasteiger partial charge on any atom is -0.490 e. The molecule has 1 aliphatic carbocycles. The SMILES string of the molecule is CCC(CCC1=CCCCC1)Oc1ccc2sc(=O)oc2c1.NC=O. The number of primary amides is 1. The fourth-order valence-corrected chi connectivity index (χ4v) is 3.59. The summed E-state index contributed by atoms with van der Waals surface area (Å²) in [4.78, 5) is 19.6. The van der Waals surface area contributed by atoms with Gasteiger partial charge in [-0.15, -0.1) is 0 Å². The summed E-state index contributed by atoms with van der Waals surface area (Å²) < 4.78 is 12.1. The van der Waals surface area contributed by atoms with Crippen molar-refractivity contribution in [2.75, 3.05) is 0 Å². The molecule has 0 bridgehead atoms. The maximum absolute atomic E-state index is 11.3. The van der Waals surface area contributed by atoms with Gasteiger partial charge in [0.05, 0.1) is 10.8 Å². The molecule has 6 heteroatoms. The van der Waals surface area contributed by atoms with Crippen LogP contribution in [-0.2, 0) is 4.79 Å². The van der Waals surface area contributed by atoms with E-state index in [1.165, 1.54) is 25.7 Å². The second-order valence-corrected chi connectivity index (χ2v) is 6.97. The van der Waals surface area contributed by atoms with Crippen LogP contribution in [0, 0.1) is 0 Å². The largest absolute Gasteiger partial charge is 0.490 e. The van der Waals surface area contributed by atoms with Gasteiger partial charge >= 0.3 is 4.94 Å². The minimum absolute atomic E-state index is 0.214. The van der Waals surface area contributed by atoms with Crippen LogP contribution in [0.15, 0.2) is 39.1 Å². The lowest BCUT2D eigenvalue weighted by Gasteiger charge is -2.19. The number of carbonyl (C=O) groups excluding carboxylic acids is 1. The van der Waals surface area contributed by atoms with Crippen LogP contribution in [0.1, 0.15) is 51.9 Å². The van der Waals surface area contributed by atoms with Crippen molar-refractivity contribution in [2.45, 2.75) is 58.0 Å². The first-order valence-corrected chi connectivity index (χ1v) is 9.51. The normalized spacial score (nSPS) is 15.0. The highest BCUT2D eigenvalue weighted by molar-refractivity contribution is 7.16. The van der Waals surface area contributed by atoms with E-state index in [4.69, 9.17) is 13.9 Å². The number of rotatable bonds is 6. The van der Waals surface area contributed by atoms with Crippen molar-refractivity contribution in [2.24, 2.45) is 5.73 Å². The number of nitrogens with two attached hydrogens (primary N) is 1. The number of amides is 1. The first-order chi connectivity index (χ1) is 12.2. The fourth-order valence-electron chi connectivity index (χ4n) is 2.94. The molecule has 25 heavy (non-hydrogen) atoms. The molecule has 1 amide bonds. The molecule has 2 N–H and O–H groups in total. The smallest absolute Gasteiger partial charge is 0.396 e. The molecular formula is C19H25NO4S. The number of benzene rings is 1. The van der Waals surface area contributed by atoms with Crippen molar-refractivity contribution in [3.8, 4) is 5.75 Å². The molecule has 1 heterocycles. The molecule has 1 atom stereocenters. The summed E-state index contributed by atoms with van der Waals surface area (Å²) >= 11 is 1.13. The van der Waals surface area contributed by atoms with Crippen molar-refractivity contribution in [3.05, 3.63) is 39.6 Å². The van der Waals surface area contributed by atoms with E-state index in [9.17, 15) is 4.79 Å². The van der Waals surface area contributed by atoms with Crippen molar-refractivity contribution in [3.63, 3.8) is 0 Å². The molecule has 136 valence electrons. The summed E-state index contributed by atoms with van der Waals surface area (Å²) in [6.45, 7) is 2.16. The van der Waals surface area contributed by atoms with E-state index in [1.54, 1.807) is 5.57 Å². The summed E-state index contributed by atoms with van der Waals surface area (Å²) in [5.74, 6) is 0.790. The van der Waals surface area contributed by atoms with Gasteiger partial charge in [0, 0.05) is 6.07 Å². The van der Waals surface area contributed by atoms with Crippen LogP contribution in [0.4, 0.5) is 0 Å². The highest BCUT2D eigenvalue weighted by atomic mass is 32.1. The van der Waals surface area contributed by atoms with E-state index >= 15 is 0 Å². The second kappa shape index (κ2) is 10.0. The van der Waals surface area contributed by atoms with Crippen molar-refractivity contribution in [1.29, 1.82) is 0 Å². The number of carbonyl (C=O) groups is 1. The van der Waals surface area contributed by atoms with E-state index in [-0.39, 0.29) is 17.5 Å². The molecule has 5 nitrogen and oxygen atoms in total. The summed E-state index contributed by atoms with van der Waals surface area (Å²) in [5.41, 5.74) is 6.38.